The van der Waals surface area contributed by atoms with Crippen LogP contribution >= 0.6 is 22.9 Å². The first-order chi connectivity index (χ1) is 13.5. The zero-order valence-corrected chi connectivity index (χ0v) is 17.2. The van der Waals surface area contributed by atoms with Crippen LogP contribution in [-0.4, -0.2) is 16.8 Å². The van der Waals surface area contributed by atoms with Crippen molar-refractivity contribution in [2.75, 3.05) is 4.90 Å². The zero-order valence-electron chi connectivity index (χ0n) is 15.6. The van der Waals surface area contributed by atoms with Gasteiger partial charge in [0.1, 0.15) is 4.88 Å². The molecule has 7 heteroatoms. The SMILES string of the molecule is CC(=O)N(Cc1ccccc1)c1nc(C)c(C(=O)NCc2ccccc2Cl)s1. The number of carbonyl (C=O) groups is 2. The minimum absolute atomic E-state index is 0.124. The maximum absolute atomic E-state index is 12.6. The molecule has 0 aliphatic heterocycles. The van der Waals surface area contributed by atoms with Crippen LogP contribution in [0.4, 0.5) is 5.13 Å². The number of hydrogen-bond donors (Lipinski definition) is 1. The average molecular weight is 414 g/mol. The van der Waals surface area contributed by atoms with Crippen LogP contribution in [0.15, 0.2) is 54.6 Å². The molecule has 5 nitrogen and oxygen atoms in total. The summed E-state index contributed by atoms with van der Waals surface area (Å²) in [5.74, 6) is -0.356. The van der Waals surface area contributed by atoms with Crippen molar-refractivity contribution in [2.45, 2.75) is 26.9 Å². The zero-order chi connectivity index (χ0) is 20.1. The van der Waals surface area contributed by atoms with E-state index in [-0.39, 0.29) is 11.8 Å². The quantitative estimate of drug-likeness (QED) is 0.643. The standard InChI is InChI=1S/C21H20ClN3O2S/c1-14-19(20(27)23-12-17-10-6-7-11-18(17)22)28-21(24-14)25(15(2)26)13-16-8-4-3-5-9-16/h3-11H,12-13H2,1-2H3,(H,23,27). The van der Waals surface area contributed by atoms with Gasteiger partial charge in [-0.3, -0.25) is 14.5 Å². The molecule has 0 spiro atoms. The van der Waals surface area contributed by atoms with Crippen LogP contribution < -0.4 is 10.2 Å². The molecule has 1 N–H and O–H groups in total. The van der Waals surface area contributed by atoms with Gasteiger partial charge < -0.3 is 5.32 Å². The summed E-state index contributed by atoms with van der Waals surface area (Å²) in [6.45, 7) is 4.00. The van der Waals surface area contributed by atoms with Gasteiger partial charge in [-0.2, -0.15) is 0 Å². The van der Waals surface area contributed by atoms with Gasteiger partial charge in [0.2, 0.25) is 5.91 Å². The molecule has 2 amide bonds. The van der Waals surface area contributed by atoms with Gasteiger partial charge in [-0.25, -0.2) is 4.98 Å². The molecule has 3 rings (SSSR count). The number of benzene rings is 2. The van der Waals surface area contributed by atoms with Crippen LogP contribution in [0.5, 0.6) is 0 Å². The Morgan fingerprint density at radius 2 is 1.79 bits per heavy atom. The molecule has 0 atom stereocenters. The molecule has 0 radical (unpaired) electrons. The van der Waals surface area contributed by atoms with Crippen LogP contribution in [0.2, 0.25) is 5.02 Å². The van der Waals surface area contributed by atoms with Gasteiger partial charge in [-0.05, 0) is 24.1 Å². The molecule has 28 heavy (non-hydrogen) atoms. The lowest BCUT2D eigenvalue weighted by molar-refractivity contribution is -0.116. The molecule has 0 unspecified atom stereocenters. The number of halogens is 1. The number of amides is 2. The fraction of sp³-hybridized carbons (Fsp3) is 0.190. The van der Waals surface area contributed by atoms with Crippen molar-refractivity contribution in [1.29, 1.82) is 0 Å². The molecule has 0 aliphatic rings. The molecule has 3 aromatic rings. The van der Waals surface area contributed by atoms with Crippen molar-refractivity contribution in [3.63, 3.8) is 0 Å². The highest BCUT2D eigenvalue weighted by atomic mass is 35.5. The van der Waals surface area contributed by atoms with Crippen molar-refractivity contribution in [2.24, 2.45) is 0 Å². The summed E-state index contributed by atoms with van der Waals surface area (Å²) in [4.78, 5) is 31.3. The van der Waals surface area contributed by atoms with E-state index in [2.05, 4.69) is 10.3 Å². The monoisotopic (exact) mass is 413 g/mol. The second kappa shape index (κ2) is 8.99. The summed E-state index contributed by atoms with van der Waals surface area (Å²) in [7, 11) is 0. The topological polar surface area (TPSA) is 62.3 Å². The van der Waals surface area contributed by atoms with E-state index in [4.69, 9.17) is 11.6 Å². The Labute approximate surface area is 173 Å². The number of rotatable bonds is 6. The first-order valence-corrected chi connectivity index (χ1v) is 9.96. The largest absolute Gasteiger partial charge is 0.347 e. The first kappa shape index (κ1) is 20.0. The van der Waals surface area contributed by atoms with E-state index >= 15 is 0 Å². The second-order valence-corrected chi connectivity index (χ2v) is 7.66. The van der Waals surface area contributed by atoms with E-state index < -0.39 is 0 Å². The molecule has 2 aromatic carbocycles. The van der Waals surface area contributed by atoms with Crippen LogP contribution in [0, 0.1) is 6.92 Å². The minimum atomic E-state index is -0.232. The lowest BCUT2D eigenvalue weighted by Crippen LogP contribution is -2.27. The van der Waals surface area contributed by atoms with Gasteiger partial charge in [0.05, 0.1) is 12.2 Å². The maximum atomic E-state index is 12.6. The Bertz CT molecular complexity index is 988. The van der Waals surface area contributed by atoms with E-state index in [1.54, 1.807) is 17.9 Å². The summed E-state index contributed by atoms with van der Waals surface area (Å²) >= 11 is 7.35. The molecule has 0 fully saturated rings. The molecular formula is C21H20ClN3O2S. The Hall–Kier alpha value is -2.70. The molecular weight excluding hydrogens is 394 g/mol. The lowest BCUT2D eigenvalue weighted by Gasteiger charge is -2.17. The predicted octanol–water partition coefficient (Wildman–Crippen LogP) is 4.59. The van der Waals surface area contributed by atoms with Gasteiger partial charge in [-0.15, -0.1) is 0 Å². The van der Waals surface area contributed by atoms with Gasteiger partial charge in [-0.1, -0.05) is 71.5 Å². The van der Waals surface area contributed by atoms with Crippen molar-refractivity contribution in [3.8, 4) is 0 Å². The number of thiazole rings is 1. The average Bonchev–Trinajstić information content (AvgIpc) is 3.07. The highest BCUT2D eigenvalue weighted by molar-refractivity contribution is 7.17. The molecule has 144 valence electrons. The lowest BCUT2D eigenvalue weighted by atomic mass is 10.2. The Kier molecular flexibility index (Phi) is 6.44. The van der Waals surface area contributed by atoms with Crippen molar-refractivity contribution in [1.82, 2.24) is 10.3 Å². The molecule has 1 heterocycles. The van der Waals surface area contributed by atoms with E-state index in [1.807, 2.05) is 48.5 Å². The fourth-order valence-electron chi connectivity index (χ4n) is 2.69. The molecule has 1 aromatic heterocycles. The molecule has 0 saturated carbocycles. The Balaban J connectivity index is 1.76. The Morgan fingerprint density at radius 3 is 2.46 bits per heavy atom. The predicted molar refractivity (Wildman–Crippen MR) is 113 cm³/mol. The van der Waals surface area contributed by atoms with E-state index in [9.17, 15) is 9.59 Å². The van der Waals surface area contributed by atoms with Gasteiger partial charge >= 0.3 is 0 Å². The first-order valence-electron chi connectivity index (χ1n) is 8.76. The van der Waals surface area contributed by atoms with Crippen molar-refractivity contribution in [3.05, 3.63) is 81.3 Å². The third kappa shape index (κ3) is 4.77. The molecule has 0 saturated heterocycles. The minimum Gasteiger partial charge on any atom is -0.347 e. The fourth-order valence-corrected chi connectivity index (χ4v) is 3.91. The summed E-state index contributed by atoms with van der Waals surface area (Å²) in [6.07, 6.45) is 0. The van der Waals surface area contributed by atoms with Crippen LogP contribution in [-0.2, 0) is 17.9 Å². The van der Waals surface area contributed by atoms with Crippen LogP contribution in [0.1, 0.15) is 33.4 Å². The number of nitrogens with zero attached hydrogens (tertiary/aromatic N) is 2. The summed E-state index contributed by atoms with van der Waals surface area (Å²) in [5, 5.41) is 3.99. The number of anilines is 1. The summed E-state index contributed by atoms with van der Waals surface area (Å²) < 4.78 is 0. The number of nitrogens with one attached hydrogen (secondary N) is 1. The normalized spacial score (nSPS) is 10.5. The van der Waals surface area contributed by atoms with Crippen molar-refractivity contribution < 1.29 is 9.59 Å². The Morgan fingerprint density at radius 1 is 1.11 bits per heavy atom. The van der Waals surface area contributed by atoms with Gasteiger partial charge in [0.25, 0.3) is 5.91 Å². The van der Waals surface area contributed by atoms with E-state index in [0.29, 0.717) is 33.8 Å². The third-order valence-corrected chi connectivity index (χ3v) is 5.73. The van der Waals surface area contributed by atoms with Crippen molar-refractivity contribution >= 4 is 39.9 Å². The van der Waals surface area contributed by atoms with Crippen LogP contribution in [0.25, 0.3) is 0 Å². The molecule has 0 aliphatic carbocycles. The summed E-state index contributed by atoms with van der Waals surface area (Å²) in [6, 6.07) is 17.0. The number of carbonyl (C=O) groups excluding carboxylic acids is 2. The number of aromatic nitrogens is 1. The third-order valence-electron chi connectivity index (χ3n) is 4.18. The number of aryl methyl sites for hydroxylation is 1. The second-order valence-electron chi connectivity index (χ2n) is 6.28. The van der Waals surface area contributed by atoms with E-state index in [1.165, 1.54) is 18.3 Å². The highest BCUT2D eigenvalue weighted by Gasteiger charge is 2.21. The molecule has 0 bridgehead atoms. The smallest absolute Gasteiger partial charge is 0.263 e. The highest BCUT2D eigenvalue weighted by Crippen LogP contribution is 2.28. The van der Waals surface area contributed by atoms with E-state index in [0.717, 1.165) is 11.1 Å². The summed E-state index contributed by atoms with van der Waals surface area (Å²) in [5.41, 5.74) is 2.43. The number of hydrogen-bond acceptors (Lipinski definition) is 4. The van der Waals surface area contributed by atoms with Crippen LogP contribution in [0.3, 0.4) is 0 Å². The maximum Gasteiger partial charge on any atom is 0.263 e. The van der Waals surface area contributed by atoms with Gasteiger partial charge in [0.15, 0.2) is 5.13 Å². The van der Waals surface area contributed by atoms with Gasteiger partial charge in [0, 0.05) is 18.5 Å².